The number of nitrogens with zero attached hydrogens (tertiary/aromatic N) is 2. The van der Waals surface area contributed by atoms with Crippen molar-refractivity contribution in [3.05, 3.63) is 100.0 Å². The third-order valence-corrected chi connectivity index (χ3v) is 4.46. The van der Waals surface area contributed by atoms with E-state index in [9.17, 15) is 9.59 Å². The Labute approximate surface area is 175 Å². The minimum Gasteiger partial charge on any atom is -0.494 e. The van der Waals surface area contributed by atoms with E-state index in [1.807, 2.05) is 54.6 Å². The fourth-order valence-electron chi connectivity index (χ4n) is 2.86. The molecule has 1 aromatic heterocycles. The summed E-state index contributed by atoms with van der Waals surface area (Å²) >= 11 is 0. The molecular weight excluding hydrogens is 378 g/mol. The standard InChI is InChI=1S/C24H25N3O3/c1-2-3-15-30-21-12-7-11-20(16-21)17-25-26-23(28)22-13-8-14-27(24(22)29)18-19-9-5-4-6-10-19/h4-14,16-17H,2-3,15,18H2,1H3,(H,26,28)/b25-17-. The average Bonchev–Trinajstić information content (AvgIpc) is 2.76. The molecule has 1 amide bonds. The molecule has 6 heteroatoms. The molecule has 0 unspecified atom stereocenters. The van der Waals surface area contributed by atoms with E-state index in [1.165, 1.54) is 16.8 Å². The topological polar surface area (TPSA) is 72.7 Å². The van der Waals surface area contributed by atoms with Crippen molar-refractivity contribution in [1.82, 2.24) is 9.99 Å². The molecule has 6 nitrogen and oxygen atoms in total. The minimum atomic E-state index is -0.547. The Hall–Kier alpha value is -3.67. The van der Waals surface area contributed by atoms with Gasteiger partial charge in [0.15, 0.2) is 0 Å². The number of hydrogen-bond acceptors (Lipinski definition) is 4. The molecule has 0 aliphatic rings. The molecule has 1 N–H and O–H groups in total. The van der Waals surface area contributed by atoms with E-state index in [0.717, 1.165) is 29.7 Å². The summed E-state index contributed by atoms with van der Waals surface area (Å²) in [5.74, 6) is 0.208. The van der Waals surface area contributed by atoms with Gasteiger partial charge in [-0.2, -0.15) is 5.10 Å². The lowest BCUT2D eigenvalue weighted by Gasteiger charge is -2.07. The second-order valence-electron chi connectivity index (χ2n) is 6.81. The average molecular weight is 403 g/mol. The number of unbranched alkanes of at least 4 members (excludes halogenated alkanes) is 1. The summed E-state index contributed by atoms with van der Waals surface area (Å²) in [4.78, 5) is 25.1. The lowest BCUT2D eigenvalue weighted by Crippen LogP contribution is -2.30. The van der Waals surface area contributed by atoms with Crippen LogP contribution in [0.1, 0.15) is 41.3 Å². The smallest absolute Gasteiger partial charge is 0.276 e. The maximum absolute atomic E-state index is 12.7. The van der Waals surface area contributed by atoms with Crippen molar-refractivity contribution in [1.29, 1.82) is 0 Å². The highest BCUT2D eigenvalue weighted by atomic mass is 16.5. The van der Waals surface area contributed by atoms with E-state index in [1.54, 1.807) is 12.3 Å². The Bertz CT molecular complexity index is 1060. The van der Waals surface area contributed by atoms with Crippen molar-refractivity contribution in [3.8, 4) is 5.75 Å². The van der Waals surface area contributed by atoms with Crippen LogP contribution in [0.5, 0.6) is 5.75 Å². The van der Waals surface area contributed by atoms with Crippen LogP contribution in [-0.2, 0) is 6.54 Å². The predicted octanol–water partition coefficient (Wildman–Crippen LogP) is 3.84. The Kier molecular flexibility index (Phi) is 7.55. The number of ether oxygens (including phenoxy) is 1. The molecule has 0 aliphatic carbocycles. The van der Waals surface area contributed by atoms with Gasteiger partial charge in [-0.05, 0) is 41.8 Å². The normalized spacial score (nSPS) is 10.8. The van der Waals surface area contributed by atoms with Gasteiger partial charge in [-0.1, -0.05) is 55.8 Å². The van der Waals surface area contributed by atoms with Crippen LogP contribution in [0.15, 0.2) is 82.8 Å². The molecule has 3 rings (SSSR count). The van der Waals surface area contributed by atoms with Crippen LogP contribution in [0, 0.1) is 0 Å². The molecule has 1 heterocycles. The van der Waals surface area contributed by atoms with Gasteiger partial charge in [0, 0.05) is 6.20 Å². The number of carbonyl (C=O) groups is 1. The molecule has 2 aromatic carbocycles. The maximum atomic E-state index is 12.7. The molecule has 0 fully saturated rings. The van der Waals surface area contributed by atoms with Crippen LogP contribution in [0.3, 0.4) is 0 Å². The molecule has 0 atom stereocenters. The second-order valence-corrected chi connectivity index (χ2v) is 6.81. The Morgan fingerprint density at radius 3 is 2.73 bits per heavy atom. The largest absolute Gasteiger partial charge is 0.494 e. The van der Waals surface area contributed by atoms with Crippen molar-refractivity contribution in [2.24, 2.45) is 5.10 Å². The quantitative estimate of drug-likeness (QED) is 0.335. The number of hydrogen-bond donors (Lipinski definition) is 1. The Balaban J connectivity index is 1.64. The van der Waals surface area contributed by atoms with Gasteiger partial charge in [0.2, 0.25) is 0 Å². The van der Waals surface area contributed by atoms with Gasteiger partial charge in [-0.25, -0.2) is 5.43 Å². The summed E-state index contributed by atoms with van der Waals surface area (Å²) in [5.41, 5.74) is 3.88. The van der Waals surface area contributed by atoms with E-state index >= 15 is 0 Å². The summed E-state index contributed by atoms with van der Waals surface area (Å²) in [6, 6.07) is 20.2. The molecule has 0 bridgehead atoms. The number of carbonyl (C=O) groups excluding carboxylic acids is 1. The molecule has 3 aromatic rings. The highest BCUT2D eigenvalue weighted by molar-refractivity contribution is 5.94. The van der Waals surface area contributed by atoms with Gasteiger partial charge < -0.3 is 9.30 Å². The molecule has 0 saturated carbocycles. The van der Waals surface area contributed by atoms with Crippen LogP contribution >= 0.6 is 0 Å². The van der Waals surface area contributed by atoms with E-state index in [2.05, 4.69) is 17.5 Å². The fraction of sp³-hybridized carbons (Fsp3) is 0.208. The lowest BCUT2D eigenvalue weighted by atomic mass is 10.2. The predicted molar refractivity (Wildman–Crippen MR) is 118 cm³/mol. The van der Waals surface area contributed by atoms with Crippen molar-refractivity contribution < 1.29 is 9.53 Å². The zero-order valence-electron chi connectivity index (χ0n) is 17.0. The Morgan fingerprint density at radius 1 is 1.10 bits per heavy atom. The zero-order valence-corrected chi connectivity index (χ0v) is 17.0. The first kappa shape index (κ1) is 21.0. The number of hydrazone groups is 1. The van der Waals surface area contributed by atoms with E-state index in [0.29, 0.717) is 13.2 Å². The number of pyridine rings is 1. The summed E-state index contributed by atoms with van der Waals surface area (Å²) in [6.07, 6.45) is 5.25. The summed E-state index contributed by atoms with van der Waals surface area (Å²) in [6.45, 7) is 3.17. The minimum absolute atomic E-state index is 0.0437. The van der Waals surface area contributed by atoms with E-state index in [-0.39, 0.29) is 11.1 Å². The van der Waals surface area contributed by atoms with Crippen molar-refractivity contribution in [3.63, 3.8) is 0 Å². The van der Waals surface area contributed by atoms with Gasteiger partial charge in [0.05, 0.1) is 19.4 Å². The van der Waals surface area contributed by atoms with Crippen LogP contribution < -0.4 is 15.7 Å². The summed E-state index contributed by atoms with van der Waals surface area (Å²) < 4.78 is 7.17. The highest BCUT2D eigenvalue weighted by Gasteiger charge is 2.11. The van der Waals surface area contributed by atoms with Gasteiger partial charge in [-0.3, -0.25) is 9.59 Å². The van der Waals surface area contributed by atoms with E-state index < -0.39 is 5.91 Å². The fourth-order valence-corrected chi connectivity index (χ4v) is 2.86. The third-order valence-electron chi connectivity index (χ3n) is 4.46. The van der Waals surface area contributed by atoms with Gasteiger partial charge in [0.1, 0.15) is 11.3 Å². The second kappa shape index (κ2) is 10.8. The van der Waals surface area contributed by atoms with Crippen molar-refractivity contribution in [2.75, 3.05) is 6.61 Å². The van der Waals surface area contributed by atoms with Crippen LogP contribution in [0.25, 0.3) is 0 Å². The van der Waals surface area contributed by atoms with Crippen LogP contribution in [0.2, 0.25) is 0 Å². The SMILES string of the molecule is CCCCOc1cccc(/C=N\NC(=O)c2cccn(Cc3ccccc3)c2=O)c1. The Morgan fingerprint density at radius 2 is 1.93 bits per heavy atom. The number of nitrogens with one attached hydrogen (secondary N) is 1. The molecular formula is C24H25N3O3. The van der Waals surface area contributed by atoms with Crippen molar-refractivity contribution >= 4 is 12.1 Å². The van der Waals surface area contributed by atoms with Crippen LogP contribution in [0.4, 0.5) is 0 Å². The molecule has 30 heavy (non-hydrogen) atoms. The van der Waals surface area contributed by atoms with Crippen molar-refractivity contribution in [2.45, 2.75) is 26.3 Å². The van der Waals surface area contributed by atoms with Gasteiger partial charge >= 0.3 is 0 Å². The first-order chi connectivity index (χ1) is 14.7. The summed E-state index contributed by atoms with van der Waals surface area (Å²) in [7, 11) is 0. The number of aromatic nitrogens is 1. The highest BCUT2D eigenvalue weighted by Crippen LogP contribution is 2.12. The van der Waals surface area contributed by atoms with Crippen LogP contribution in [-0.4, -0.2) is 23.3 Å². The first-order valence-electron chi connectivity index (χ1n) is 9.97. The maximum Gasteiger partial charge on any atom is 0.276 e. The lowest BCUT2D eigenvalue weighted by molar-refractivity contribution is 0.0953. The zero-order chi connectivity index (χ0) is 21.2. The van der Waals surface area contributed by atoms with Gasteiger partial charge in [0.25, 0.3) is 11.5 Å². The monoisotopic (exact) mass is 403 g/mol. The third kappa shape index (κ3) is 5.91. The molecule has 154 valence electrons. The number of amides is 1. The van der Waals surface area contributed by atoms with E-state index in [4.69, 9.17) is 4.74 Å². The molecule has 0 radical (unpaired) electrons. The molecule has 0 saturated heterocycles. The summed E-state index contributed by atoms with van der Waals surface area (Å²) in [5, 5.41) is 3.98. The molecule has 0 aliphatic heterocycles. The number of benzene rings is 2. The number of rotatable bonds is 9. The molecule has 0 spiro atoms. The van der Waals surface area contributed by atoms with Gasteiger partial charge in [-0.15, -0.1) is 0 Å². The first-order valence-corrected chi connectivity index (χ1v) is 9.97.